The van der Waals surface area contributed by atoms with Gasteiger partial charge in [-0.2, -0.15) is 0 Å². The van der Waals surface area contributed by atoms with E-state index in [1.54, 1.807) is 0 Å². The van der Waals surface area contributed by atoms with Crippen LogP contribution in [0.15, 0.2) is 11.1 Å². The average molecular weight is 264 g/mol. The van der Waals surface area contributed by atoms with E-state index in [-0.39, 0.29) is 18.3 Å². The largest absolute Gasteiger partial charge is 0.453 e. The van der Waals surface area contributed by atoms with Crippen molar-refractivity contribution in [3.63, 3.8) is 0 Å². The van der Waals surface area contributed by atoms with Crippen LogP contribution in [-0.4, -0.2) is 29.6 Å². The number of Topliss-reactive ketones (excluding diaryl/α,β-unsaturated/α-hetero) is 1. The summed E-state index contributed by atoms with van der Waals surface area (Å²) in [4.78, 5) is 24.2. The Balaban J connectivity index is 2.12. The van der Waals surface area contributed by atoms with Crippen molar-refractivity contribution in [3.05, 3.63) is 11.1 Å². The van der Waals surface area contributed by atoms with Gasteiger partial charge in [-0.05, 0) is 43.6 Å². The average Bonchev–Trinajstić information content (AvgIpc) is 2.83. The second kappa shape index (κ2) is 4.17. The second-order valence-corrected chi connectivity index (χ2v) is 6.31. The van der Waals surface area contributed by atoms with E-state index in [1.165, 1.54) is 0 Å². The van der Waals surface area contributed by atoms with Gasteiger partial charge in [-0.1, -0.05) is 6.92 Å². The van der Waals surface area contributed by atoms with Gasteiger partial charge in [0.25, 0.3) is 0 Å². The molecule has 0 saturated heterocycles. The van der Waals surface area contributed by atoms with Crippen molar-refractivity contribution in [1.82, 2.24) is 0 Å². The molecule has 0 aromatic heterocycles. The Morgan fingerprint density at radius 2 is 2.05 bits per heavy atom. The number of aliphatic hydroxyl groups is 1. The summed E-state index contributed by atoms with van der Waals surface area (Å²) in [5, 5.41) is 9.38. The van der Waals surface area contributed by atoms with Crippen LogP contribution in [0.2, 0.25) is 0 Å². The minimum Gasteiger partial charge on any atom is -0.453 e. The maximum absolute atomic E-state index is 12.4. The van der Waals surface area contributed by atoms with Crippen molar-refractivity contribution in [2.45, 2.75) is 45.6 Å². The van der Waals surface area contributed by atoms with Crippen LogP contribution in [0.3, 0.4) is 0 Å². The van der Waals surface area contributed by atoms with E-state index in [4.69, 9.17) is 4.74 Å². The Morgan fingerprint density at radius 1 is 1.32 bits per heavy atom. The van der Waals surface area contributed by atoms with E-state index in [9.17, 15) is 14.7 Å². The molecule has 1 N–H and O–H groups in total. The number of hydrogen-bond acceptors (Lipinski definition) is 4. The third kappa shape index (κ3) is 1.55. The molecule has 0 aromatic carbocycles. The second-order valence-electron chi connectivity index (χ2n) is 6.31. The molecular weight excluding hydrogens is 244 g/mol. The van der Waals surface area contributed by atoms with Gasteiger partial charge in [0.1, 0.15) is 11.9 Å². The highest BCUT2D eigenvalue weighted by atomic mass is 16.6. The SMILES string of the molecule is CC1CCC2=C(CO)C(=O)OC2C2(C)C(=O)CCC12. The fourth-order valence-electron chi connectivity index (χ4n) is 4.33. The summed E-state index contributed by atoms with van der Waals surface area (Å²) < 4.78 is 5.49. The Labute approximate surface area is 112 Å². The molecule has 2 fully saturated rings. The molecule has 2 aliphatic carbocycles. The smallest absolute Gasteiger partial charge is 0.337 e. The number of carbonyl (C=O) groups excluding carboxylic acids is 2. The number of ketones is 1. The van der Waals surface area contributed by atoms with Crippen LogP contribution in [-0.2, 0) is 14.3 Å². The van der Waals surface area contributed by atoms with E-state index in [1.807, 2.05) is 6.92 Å². The Morgan fingerprint density at radius 3 is 2.74 bits per heavy atom. The number of ether oxygens (including phenoxy) is 1. The molecule has 3 rings (SSSR count). The molecule has 0 spiro atoms. The molecular formula is C15H20O4. The normalized spacial score (nSPS) is 41.9. The number of hydrogen-bond donors (Lipinski definition) is 1. The highest BCUT2D eigenvalue weighted by molar-refractivity contribution is 5.95. The Bertz CT molecular complexity index is 479. The first-order chi connectivity index (χ1) is 9.00. The first kappa shape index (κ1) is 12.9. The number of aliphatic hydroxyl groups excluding tert-OH is 1. The monoisotopic (exact) mass is 264 g/mol. The topological polar surface area (TPSA) is 63.6 Å². The molecule has 2 saturated carbocycles. The van der Waals surface area contributed by atoms with Crippen molar-refractivity contribution in [3.8, 4) is 0 Å². The van der Waals surface area contributed by atoms with E-state index in [0.29, 0.717) is 17.9 Å². The lowest BCUT2D eigenvalue weighted by molar-refractivity contribution is -0.150. The molecule has 0 bridgehead atoms. The van der Waals surface area contributed by atoms with Gasteiger partial charge in [-0.25, -0.2) is 4.79 Å². The fourth-order valence-corrected chi connectivity index (χ4v) is 4.33. The lowest BCUT2D eigenvalue weighted by Crippen LogP contribution is -2.43. The quantitative estimate of drug-likeness (QED) is 0.731. The van der Waals surface area contributed by atoms with Crippen LogP contribution in [0.4, 0.5) is 0 Å². The molecule has 1 heterocycles. The van der Waals surface area contributed by atoms with Crippen LogP contribution in [0, 0.1) is 17.3 Å². The van der Waals surface area contributed by atoms with Crippen LogP contribution in [0.5, 0.6) is 0 Å². The number of rotatable bonds is 1. The van der Waals surface area contributed by atoms with Crippen LogP contribution in [0.25, 0.3) is 0 Å². The summed E-state index contributed by atoms with van der Waals surface area (Å²) in [6, 6.07) is 0. The van der Waals surface area contributed by atoms with Crippen molar-refractivity contribution in [2.75, 3.05) is 6.61 Å². The van der Waals surface area contributed by atoms with Gasteiger partial charge in [-0.15, -0.1) is 0 Å². The van der Waals surface area contributed by atoms with Crippen molar-refractivity contribution in [2.24, 2.45) is 17.3 Å². The maximum Gasteiger partial charge on any atom is 0.337 e. The predicted molar refractivity (Wildman–Crippen MR) is 68.2 cm³/mol. The van der Waals surface area contributed by atoms with Gasteiger partial charge >= 0.3 is 5.97 Å². The van der Waals surface area contributed by atoms with Gasteiger partial charge in [0.05, 0.1) is 17.6 Å². The van der Waals surface area contributed by atoms with E-state index in [2.05, 4.69) is 6.92 Å². The van der Waals surface area contributed by atoms with Gasteiger partial charge in [0.15, 0.2) is 0 Å². The summed E-state index contributed by atoms with van der Waals surface area (Å²) in [6.07, 6.45) is 2.76. The van der Waals surface area contributed by atoms with Crippen molar-refractivity contribution < 1.29 is 19.4 Å². The minimum absolute atomic E-state index is 0.209. The van der Waals surface area contributed by atoms with Crippen molar-refractivity contribution in [1.29, 1.82) is 0 Å². The minimum atomic E-state index is -0.585. The molecule has 104 valence electrons. The van der Waals surface area contributed by atoms with Crippen molar-refractivity contribution >= 4 is 11.8 Å². The molecule has 4 atom stereocenters. The molecule has 4 nitrogen and oxygen atoms in total. The Kier molecular flexibility index (Phi) is 2.82. The highest BCUT2D eigenvalue weighted by Gasteiger charge is 2.59. The lowest BCUT2D eigenvalue weighted by atomic mass is 9.69. The number of carbonyl (C=O) groups is 2. The van der Waals surface area contributed by atoms with Gasteiger partial charge in [0, 0.05) is 6.42 Å². The first-order valence-electron chi connectivity index (χ1n) is 7.07. The third-order valence-electron chi connectivity index (χ3n) is 5.49. The van der Waals surface area contributed by atoms with Gasteiger partial charge in [0.2, 0.25) is 0 Å². The third-order valence-corrected chi connectivity index (χ3v) is 5.49. The highest BCUT2D eigenvalue weighted by Crippen LogP contribution is 2.55. The molecule has 0 amide bonds. The van der Waals surface area contributed by atoms with Gasteiger partial charge < -0.3 is 9.84 Å². The number of esters is 1. The lowest BCUT2D eigenvalue weighted by Gasteiger charge is -2.36. The Hall–Kier alpha value is -1.16. The molecule has 4 unspecified atom stereocenters. The summed E-state index contributed by atoms with van der Waals surface area (Å²) in [5.74, 6) is 0.513. The molecule has 0 aromatic rings. The molecule has 3 aliphatic rings. The summed E-state index contributed by atoms with van der Waals surface area (Å²) in [6.45, 7) is 3.85. The molecule has 4 heteroatoms. The zero-order chi connectivity index (χ0) is 13.8. The molecule has 1 aliphatic heterocycles. The van der Waals surface area contributed by atoms with E-state index >= 15 is 0 Å². The van der Waals surface area contributed by atoms with Crippen LogP contribution < -0.4 is 0 Å². The zero-order valence-electron chi connectivity index (χ0n) is 11.4. The van der Waals surface area contributed by atoms with Crippen LogP contribution >= 0.6 is 0 Å². The van der Waals surface area contributed by atoms with E-state index in [0.717, 1.165) is 24.8 Å². The van der Waals surface area contributed by atoms with Gasteiger partial charge in [-0.3, -0.25) is 4.79 Å². The fraction of sp³-hybridized carbons (Fsp3) is 0.733. The van der Waals surface area contributed by atoms with Crippen LogP contribution in [0.1, 0.15) is 39.5 Å². The standard InChI is InChI=1S/C15H20O4/c1-8-3-4-9-10(7-16)14(18)19-13(9)15(2)11(8)5-6-12(15)17/h8,11,13,16H,3-7H2,1-2H3. The summed E-state index contributed by atoms with van der Waals surface area (Å²) in [5.41, 5.74) is 0.677. The number of fused-ring (bicyclic) bond motifs is 3. The maximum atomic E-state index is 12.4. The summed E-state index contributed by atoms with van der Waals surface area (Å²) >= 11 is 0. The van der Waals surface area contributed by atoms with E-state index < -0.39 is 17.5 Å². The molecule has 0 radical (unpaired) electrons. The first-order valence-corrected chi connectivity index (χ1v) is 7.07. The molecule has 19 heavy (non-hydrogen) atoms. The summed E-state index contributed by atoms with van der Waals surface area (Å²) in [7, 11) is 0. The predicted octanol–water partition coefficient (Wildman–Crippen LogP) is 1.62. The zero-order valence-corrected chi connectivity index (χ0v) is 11.4.